The topological polar surface area (TPSA) is 46.5 Å². The molecule has 0 aliphatic rings. The molecule has 3 nitrogen and oxygen atoms in total. The van der Waals surface area contributed by atoms with Crippen LogP contribution in [-0.2, 0) is 0 Å². The monoisotopic (exact) mass is 334 g/mol. The van der Waals surface area contributed by atoms with Crippen molar-refractivity contribution in [3.05, 3.63) is 39.3 Å². The summed E-state index contributed by atoms with van der Waals surface area (Å²) in [5.74, 6) is -0.411. The van der Waals surface area contributed by atoms with Crippen LogP contribution in [0.25, 0.3) is 0 Å². The number of rotatable bonds is 4. The molecule has 0 fully saturated rings. The van der Waals surface area contributed by atoms with Gasteiger partial charge in [0.15, 0.2) is 0 Å². The average molecular weight is 336 g/mol. The maximum absolute atomic E-state index is 10.7. The van der Waals surface area contributed by atoms with E-state index in [0.29, 0.717) is 21.3 Å². The molecule has 0 aromatic heterocycles. The minimum atomic E-state index is -0.980. The Balaban J connectivity index is 3.09. The number of carboxylic acid groups (broad SMARTS) is 1. The minimum absolute atomic E-state index is 0.194. The van der Waals surface area contributed by atoms with Crippen LogP contribution in [-0.4, -0.2) is 17.7 Å². The van der Waals surface area contributed by atoms with Crippen molar-refractivity contribution in [2.75, 3.05) is 6.61 Å². The molecule has 0 saturated heterocycles. The van der Waals surface area contributed by atoms with Gasteiger partial charge in [0, 0.05) is 0 Å². The van der Waals surface area contributed by atoms with Gasteiger partial charge >= 0.3 is 5.97 Å². The van der Waals surface area contributed by atoms with Gasteiger partial charge in [0.2, 0.25) is 0 Å². The van der Waals surface area contributed by atoms with Crippen molar-refractivity contribution in [2.24, 2.45) is 0 Å². The molecular formula is C10H8Br2O3. The summed E-state index contributed by atoms with van der Waals surface area (Å²) in [4.78, 5) is 10.7. The zero-order chi connectivity index (χ0) is 11.4. The van der Waals surface area contributed by atoms with Crippen LogP contribution in [0.2, 0.25) is 0 Å². The van der Waals surface area contributed by atoms with E-state index in [2.05, 4.69) is 38.4 Å². The highest BCUT2D eigenvalue weighted by Crippen LogP contribution is 2.34. The SMILES string of the molecule is C=CCOc1c(Br)cc(C(=O)O)cc1Br. The van der Waals surface area contributed by atoms with Crippen LogP contribution >= 0.6 is 31.9 Å². The molecular weight excluding hydrogens is 328 g/mol. The van der Waals surface area contributed by atoms with E-state index in [0.717, 1.165) is 0 Å². The zero-order valence-corrected chi connectivity index (χ0v) is 10.8. The minimum Gasteiger partial charge on any atom is -0.487 e. The molecule has 0 amide bonds. The van der Waals surface area contributed by atoms with Gasteiger partial charge in [-0.15, -0.1) is 0 Å². The normalized spacial score (nSPS) is 9.73. The standard InChI is InChI=1S/C10H8Br2O3/c1-2-3-15-9-7(11)4-6(10(13)14)5-8(9)12/h2,4-5H,1,3H2,(H,13,14). The molecule has 15 heavy (non-hydrogen) atoms. The Bertz CT molecular complexity index is 379. The molecule has 0 bridgehead atoms. The Morgan fingerprint density at radius 2 is 2.00 bits per heavy atom. The lowest BCUT2D eigenvalue weighted by Gasteiger charge is -2.09. The van der Waals surface area contributed by atoms with Crippen molar-refractivity contribution in [2.45, 2.75) is 0 Å². The van der Waals surface area contributed by atoms with Gasteiger partial charge in [0.25, 0.3) is 0 Å². The molecule has 0 unspecified atom stereocenters. The van der Waals surface area contributed by atoms with Gasteiger partial charge in [0.05, 0.1) is 14.5 Å². The number of benzene rings is 1. The summed E-state index contributed by atoms with van der Waals surface area (Å²) in [6.45, 7) is 3.90. The fourth-order valence-electron chi connectivity index (χ4n) is 0.964. The molecule has 0 saturated carbocycles. The molecule has 5 heteroatoms. The Kier molecular flexibility index (Phi) is 4.35. The molecule has 1 aromatic carbocycles. The molecule has 0 spiro atoms. The van der Waals surface area contributed by atoms with Crippen LogP contribution in [0.1, 0.15) is 10.4 Å². The van der Waals surface area contributed by atoms with Crippen LogP contribution in [0.4, 0.5) is 0 Å². The number of hydrogen-bond acceptors (Lipinski definition) is 2. The summed E-state index contributed by atoms with van der Waals surface area (Å²) < 4.78 is 6.53. The van der Waals surface area contributed by atoms with Gasteiger partial charge in [-0.2, -0.15) is 0 Å². The van der Waals surface area contributed by atoms with Gasteiger partial charge in [-0.25, -0.2) is 4.79 Å². The summed E-state index contributed by atoms with van der Waals surface area (Å²) in [6, 6.07) is 2.98. The lowest BCUT2D eigenvalue weighted by atomic mass is 10.2. The van der Waals surface area contributed by atoms with Crippen molar-refractivity contribution in [3.63, 3.8) is 0 Å². The first-order chi connectivity index (χ1) is 7.06. The lowest BCUT2D eigenvalue weighted by Crippen LogP contribution is -1.99. The van der Waals surface area contributed by atoms with Crippen LogP contribution in [0.15, 0.2) is 33.7 Å². The van der Waals surface area contributed by atoms with Gasteiger partial charge in [0.1, 0.15) is 12.4 Å². The average Bonchev–Trinajstić information content (AvgIpc) is 2.16. The molecule has 1 rings (SSSR count). The van der Waals surface area contributed by atoms with E-state index in [1.807, 2.05) is 0 Å². The second kappa shape index (κ2) is 5.32. The highest BCUT2D eigenvalue weighted by atomic mass is 79.9. The van der Waals surface area contributed by atoms with Crippen molar-refractivity contribution >= 4 is 37.8 Å². The quantitative estimate of drug-likeness (QED) is 0.857. The Morgan fingerprint density at radius 1 is 1.47 bits per heavy atom. The first kappa shape index (κ1) is 12.3. The van der Waals surface area contributed by atoms with Crippen LogP contribution in [0.3, 0.4) is 0 Å². The third-order valence-electron chi connectivity index (χ3n) is 1.59. The zero-order valence-electron chi connectivity index (χ0n) is 7.67. The highest BCUT2D eigenvalue weighted by Gasteiger charge is 2.12. The molecule has 0 heterocycles. The third kappa shape index (κ3) is 3.07. The molecule has 0 aliphatic carbocycles. The maximum atomic E-state index is 10.7. The largest absolute Gasteiger partial charge is 0.487 e. The number of hydrogen-bond donors (Lipinski definition) is 1. The molecule has 0 radical (unpaired) electrons. The van der Waals surface area contributed by atoms with E-state index in [-0.39, 0.29) is 5.56 Å². The van der Waals surface area contributed by atoms with E-state index in [4.69, 9.17) is 9.84 Å². The molecule has 80 valence electrons. The molecule has 0 atom stereocenters. The fourth-order valence-corrected chi connectivity index (χ4v) is 2.38. The van der Waals surface area contributed by atoms with E-state index >= 15 is 0 Å². The predicted molar refractivity (Wildman–Crippen MR) is 64.5 cm³/mol. The van der Waals surface area contributed by atoms with E-state index in [1.54, 1.807) is 6.08 Å². The summed E-state index contributed by atoms with van der Waals surface area (Å²) in [5.41, 5.74) is 0.194. The van der Waals surface area contributed by atoms with Gasteiger partial charge in [-0.1, -0.05) is 12.7 Å². The number of aromatic carboxylic acids is 1. The Labute approximate surface area is 104 Å². The number of carboxylic acids is 1. The summed E-state index contributed by atoms with van der Waals surface area (Å²) in [6.07, 6.45) is 1.62. The molecule has 1 aromatic rings. The van der Waals surface area contributed by atoms with Gasteiger partial charge in [-0.3, -0.25) is 0 Å². The Hall–Kier alpha value is -0.810. The van der Waals surface area contributed by atoms with Crippen molar-refractivity contribution in [1.29, 1.82) is 0 Å². The molecule has 1 N–H and O–H groups in total. The van der Waals surface area contributed by atoms with Crippen molar-refractivity contribution in [3.8, 4) is 5.75 Å². The Morgan fingerprint density at radius 3 is 2.40 bits per heavy atom. The van der Waals surface area contributed by atoms with Crippen molar-refractivity contribution < 1.29 is 14.6 Å². The maximum Gasteiger partial charge on any atom is 0.335 e. The van der Waals surface area contributed by atoms with Gasteiger partial charge < -0.3 is 9.84 Å². The van der Waals surface area contributed by atoms with Crippen LogP contribution in [0, 0.1) is 0 Å². The van der Waals surface area contributed by atoms with Crippen molar-refractivity contribution in [1.82, 2.24) is 0 Å². The van der Waals surface area contributed by atoms with E-state index in [1.165, 1.54) is 12.1 Å². The van der Waals surface area contributed by atoms with Crippen LogP contribution < -0.4 is 4.74 Å². The fraction of sp³-hybridized carbons (Fsp3) is 0.100. The van der Waals surface area contributed by atoms with E-state index in [9.17, 15) is 4.79 Å². The second-order valence-electron chi connectivity index (χ2n) is 2.67. The predicted octanol–water partition coefficient (Wildman–Crippen LogP) is 3.47. The van der Waals surface area contributed by atoms with Gasteiger partial charge in [-0.05, 0) is 44.0 Å². The smallest absolute Gasteiger partial charge is 0.335 e. The highest BCUT2D eigenvalue weighted by molar-refractivity contribution is 9.11. The first-order valence-corrected chi connectivity index (χ1v) is 5.61. The van der Waals surface area contributed by atoms with Crippen LogP contribution in [0.5, 0.6) is 5.75 Å². The summed E-state index contributed by atoms with van der Waals surface area (Å²) >= 11 is 6.49. The third-order valence-corrected chi connectivity index (χ3v) is 2.77. The first-order valence-electron chi connectivity index (χ1n) is 4.02. The summed E-state index contributed by atoms with van der Waals surface area (Å²) in [7, 11) is 0. The molecule has 0 aliphatic heterocycles. The number of carbonyl (C=O) groups is 1. The number of halogens is 2. The van der Waals surface area contributed by atoms with E-state index < -0.39 is 5.97 Å². The number of ether oxygens (including phenoxy) is 1. The summed E-state index contributed by atoms with van der Waals surface area (Å²) in [5, 5.41) is 8.80. The second-order valence-corrected chi connectivity index (χ2v) is 4.38. The lowest BCUT2D eigenvalue weighted by molar-refractivity contribution is 0.0696.